The predicted octanol–water partition coefficient (Wildman–Crippen LogP) is 4.00. The summed E-state index contributed by atoms with van der Waals surface area (Å²) in [7, 11) is 1.83. The number of halogens is 1. The summed E-state index contributed by atoms with van der Waals surface area (Å²) >= 11 is 0. The molecule has 0 saturated heterocycles. The molecule has 0 aliphatic carbocycles. The molecule has 2 rings (SSSR count). The third-order valence-electron chi connectivity index (χ3n) is 3.34. The van der Waals surface area contributed by atoms with Gasteiger partial charge in [-0.25, -0.2) is 0 Å². The minimum atomic E-state index is -0.0755. The van der Waals surface area contributed by atoms with Crippen LogP contribution in [0.15, 0.2) is 48.5 Å². The fourth-order valence-corrected chi connectivity index (χ4v) is 2.01. The summed E-state index contributed by atoms with van der Waals surface area (Å²) in [6, 6.07) is 15.3. The van der Waals surface area contributed by atoms with Crippen LogP contribution in [0.3, 0.4) is 0 Å². The number of ether oxygens (including phenoxy) is 1. The second-order valence-electron chi connectivity index (χ2n) is 5.39. The third-order valence-corrected chi connectivity index (χ3v) is 3.34. The number of rotatable bonds is 6. The first-order valence-corrected chi connectivity index (χ1v) is 7.38. The summed E-state index contributed by atoms with van der Waals surface area (Å²) in [6.07, 6.45) is 0. The van der Waals surface area contributed by atoms with E-state index in [-0.39, 0.29) is 24.2 Å². The summed E-state index contributed by atoms with van der Waals surface area (Å²) in [5, 5.41) is 5.88. The standard InChI is InChI=1S/C18H22N2O2.ClH/c1-13-4-8-16(9-5-13)22-17-10-6-15(7-11-17)20-18(21)14(2)12-19-3;/h4-11,14,19H,12H2,1-3H3,(H,20,21);1H. The van der Waals surface area contributed by atoms with Crippen molar-refractivity contribution < 1.29 is 9.53 Å². The van der Waals surface area contributed by atoms with E-state index in [0.717, 1.165) is 17.2 Å². The SMILES string of the molecule is CNCC(C)C(=O)Nc1ccc(Oc2ccc(C)cc2)cc1.Cl. The number of carbonyl (C=O) groups is 1. The van der Waals surface area contributed by atoms with Crippen molar-refractivity contribution in [1.29, 1.82) is 0 Å². The van der Waals surface area contributed by atoms with Crippen LogP contribution in [0.2, 0.25) is 0 Å². The van der Waals surface area contributed by atoms with Crippen LogP contribution in [0.1, 0.15) is 12.5 Å². The zero-order valence-corrected chi connectivity index (χ0v) is 14.4. The van der Waals surface area contributed by atoms with Gasteiger partial charge in [-0.05, 0) is 50.4 Å². The van der Waals surface area contributed by atoms with Gasteiger partial charge in [0.25, 0.3) is 0 Å². The Morgan fingerprint density at radius 2 is 1.57 bits per heavy atom. The molecule has 0 aromatic heterocycles. The molecule has 4 nitrogen and oxygen atoms in total. The van der Waals surface area contributed by atoms with Gasteiger partial charge in [0.05, 0.1) is 0 Å². The normalized spacial score (nSPS) is 11.3. The van der Waals surface area contributed by atoms with Crippen molar-refractivity contribution in [3.8, 4) is 11.5 Å². The molecule has 1 unspecified atom stereocenters. The molecule has 2 aromatic carbocycles. The second-order valence-corrected chi connectivity index (χ2v) is 5.39. The van der Waals surface area contributed by atoms with E-state index in [1.165, 1.54) is 5.56 Å². The molecule has 0 spiro atoms. The van der Waals surface area contributed by atoms with E-state index in [1.54, 1.807) is 0 Å². The van der Waals surface area contributed by atoms with Crippen molar-refractivity contribution in [3.63, 3.8) is 0 Å². The fraction of sp³-hybridized carbons (Fsp3) is 0.278. The molecule has 0 bridgehead atoms. The summed E-state index contributed by atoms with van der Waals surface area (Å²) in [4.78, 5) is 11.9. The van der Waals surface area contributed by atoms with Gasteiger partial charge in [-0.1, -0.05) is 24.6 Å². The summed E-state index contributed by atoms with van der Waals surface area (Å²) < 4.78 is 5.76. The molecule has 124 valence electrons. The number of amides is 1. The zero-order valence-electron chi connectivity index (χ0n) is 13.6. The van der Waals surface area contributed by atoms with Gasteiger partial charge in [-0.2, -0.15) is 0 Å². The van der Waals surface area contributed by atoms with Crippen molar-refractivity contribution in [1.82, 2.24) is 5.32 Å². The van der Waals surface area contributed by atoms with Crippen molar-refractivity contribution in [3.05, 3.63) is 54.1 Å². The minimum absolute atomic E-state index is 0. The Morgan fingerprint density at radius 3 is 2.09 bits per heavy atom. The molecule has 0 heterocycles. The first-order chi connectivity index (χ1) is 10.6. The van der Waals surface area contributed by atoms with Crippen LogP contribution >= 0.6 is 12.4 Å². The fourth-order valence-electron chi connectivity index (χ4n) is 2.01. The molecule has 1 amide bonds. The highest BCUT2D eigenvalue weighted by Crippen LogP contribution is 2.23. The van der Waals surface area contributed by atoms with E-state index >= 15 is 0 Å². The van der Waals surface area contributed by atoms with Crippen molar-refractivity contribution >= 4 is 24.0 Å². The molecular formula is C18H23ClN2O2. The molecule has 0 saturated carbocycles. The van der Waals surface area contributed by atoms with E-state index in [0.29, 0.717) is 6.54 Å². The number of nitrogens with one attached hydrogen (secondary N) is 2. The molecule has 2 aromatic rings. The molecule has 5 heteroatoms. The lowest BCUT2D eigenvalue weighted by molar-refractivity contribution is -0.119. The highest BCUT2D eigenvalue weighted by molar-refractivity contribution is 5.92. The Labute approximate surface area is 143 Å². The molecular weight excluding hydrogens is 312 g/mol. The molecule has 0 aliphatic rings. The lowest BCUT2D eigenvalue weighted by Crippen LogP contribution is -2.28. The number of hydrogen-bond donors (Lipinski definition) is 2. The predicted molar refractivity (Wildman–Crippen MR) is 96.7 cm³/mol. The molecule has 23 heavy (non-hydrogen) atoms. The quantitative estimate of drug-likeness (QED) is 0.839. The van der Waals surface area contributed by atoms with Gasteiger partial charge in [0.15, 0.2) is 0 Å². The van der Waals surface area contributed by atoms with E-state index in [4.69, 9.17) is 4.74 Å². The van der Waals surface area contributed by atoms with Crippen molar-refractivity contribution in [2.75, 3.05) is 18.9 Å². The number of benzene rings is 2. The van der Waals surface area contributed by atoms with Crippen LogP contribution in [-0.2, 0) is 4.79 Å². The topological polar surface area (TPSA) is 50.4 Å². The van der Waals surface area contributed by atoms with Crippen LogP contribution in [0, 0.1) is 12.8 Å². The Kier molecular flexibility index (Phi) is 7.59. The summed E-state index contributed by atoms with van der Waals surface area (Å²) in [5.74, 6) is 1.46. The Balaban J connectivity index is 0.00000264. The monoisotopic (exact) mass is 334 g/mol. The van der Waals surface area contributed by atoms with Gasteiger partial charge < -0.3 is 15.4 Å². The summed E-state index contributed by atoms with van der Waals surface area (Å²) in [6.45, 7) is 4.58. The Hall–Kier alpha value is -2.04. The highest BCUT2D eigenvalue weighted by Gasteiger charge is 2.11. The first kappa shape index (κ1) is 19.0. The van der Waals surface area contributed by atoms with Crippen LogP contribution in [0.5, 0.6) is 11.5 Å². The number of anilines is 1. The largest absolute Gasteiger partial charge is 0.457 e. The van der Waals surface area contributed by atoms with Crippen LogP contribution in [-0.4, -0.2) is 19.5 Å². The van der Waals surface area contributed by atoms with Crippen LogP contribution < -0.4 is 15.4 Å². The lowest BCUT2D eigenvalue weighted by Gasteiger charge is -2.12. The molecule has 0 radical (unpaired) electrons. The van der Waals surface area contributed by atoms with Crippen LogP contribution in [0.25, 0.3) is 0 Å². The molecule has 1 atom stereocenters. The molecule has 0 fully saturated rings. The molecule has 2 N–H and O–H groups in total. The Bertz CT molecular complexity index is 612. The van der Waals surface area contributed by atoms with Gasteiger partial charge in [0.2, 0.25) is 5.91 Å². The number of hydrogen-bond acceptors (Lipinski definition) is 3. The van der Waals surface area contributed by atoms with E-state index in [2.05, 4.69) is 10.6 Å². The van der Waals surface area contributed by atoms with E-state index in [1.807, 2.05) is 69.4 Å². The van der Waals surface area contributed by atoms with Gasteiger partial charge in [-0.3, -0.25) is 4.79 Å². The number of carbonyl (C=O) groups excluding carboxylic acids is 1. The summed E-state index contributed by atoms with van der Waals surface area (Å²) in [5.41, 5.74) is 1.96. The zero-order chi connectivity index (χ0) is 15.9. The third kappa shape index (κ3) is 5.93. The highest BCUT2D eigenvalue weighted by atomic mass is 35.5. The van der Waals surface area contributed by atoms with Gasteiger partial charge in [0, 0.05) is 18.2 Å². The van der Waals surface area contributed by atoms with E-state index < -0.39 is 0 Å². The van der Waals surface area contributed by atoms with Gasteiger partial charge >= 0.3 is 0 Å². The smallest absolute Gasteiger partial charge is 0.228 e. The maximum absolute atomic E-state index is 11.9. The maximum atomic E-state index is 11.9. The van der Waals surface area contributed by atoms with Crippen molar-refractivity contribution in [2.24, 2.45) is 5.92 Å². The Morgan fingerprint density at radius 1 is 1.04 bits per heavy atom. The lowest BCUT2D eigenvalue weighted by atomic mass is 10.1. The average Bonchev–Trinajstić information content (AvgIpc) is 2.51. The van der Waals surface area contributed by atoms with Crippen LogP contribution in [0.4, 0.5) is 5.69 Å². The maximum Gasteiger partial charge on any atom is 0.228 e. The number of aryl methyl sites for hydroxylation is 1. The molecule has 0 aliphatic heterocycles. The average molecular weight is 335 g/mol. The van der Waals surface area contributed by atoms with Crippen molar-refractivity contribution in [2.45, 2.75) is 13.8 Å². The first-order valence-electron chi connectivity index (χ1n) is 7.38. The van der Waals surface area contributed by atoms with E-state index in [9.17, 15) is 4.79 Å². The minimum Gasteiger partial charge on any atom is -0.457 e. The second kappa shape index (κ2) is 9.18. The van der Waals surface area contributed by atoms with Gasteiger partial charge in [0.1, 0.15) is 11.5 Å². The van der Waals surface area contributed by atoms with Gasteiger partial charge in [-0.15, -0.1) is 12.4 Å².